The Balaban J connectivity index is 1.45. The molecular formula is C40H24O. The van der Waals surface area contributed by atoms with E-state index in [1.807, 2.05) is 30.3 Å². The zero-order valence-corrected chi connectivity index (χ0v) is 21.8. The quantitative estimate of drug-likeness (QED) is 0.204. The van der Waals surface area contributed by atoms with E-state index in [9.17, 15) is 0 Å². The van der Waals surface area contributed by atoms with Crippen LogP contribution in [0.25, 0.3) is 87.3 Å². The van der Waals surface area contributed by atoms with Gasteiger partial charge >= 0.3 is 0 Å². The second kappa shape index (κ2) is 8.55. The van der Waals surface area contributed by atoms with Gasteiger partial charge in [-0.25, -0.2) is 0 Å². The van der Waals surface area contributed by atoms with Crippen LogP contribution >= 0.6 is 0 Å². The van der Waals surface area contributed by atoms with Gasteiger partial charge in [0.1, 0.15) is 11.2 Å². The number of hydrogen-bond acceptors (Lipinski definition) is 1. The van der Waals surface area contributed by atoms with Crippen LogP contribution in [0.1, 0.15) is 8.22 Å². The zero-order valence-electron chi connectivity index (χ0n) is 27.8. The molecule has 0 aliphatic rings. The Labute approximate surface area is 245 Å². The van der Waals surface area contributed by atoms with E-state index < -0.39 is 12.1 Å². The van der Waals surface area contributed by atoms with E-state index in [1.165, 1.54) is 10.8 Å². The van der Waals surface area contributed by atoms with Crippen molar-refractivity contribution in [3.05, 3.63) is 145 Å². The van der Waals surface area contributed by atoms with E-state index in [2.05, 4.69) is 78.9 Å². The smallest absolute Gasteiger partial charge is 0.143 e. The van der Waals surface area contributed by atoms with E-state index in [0.29, 0.717) is 16.4 Å². The highest BCUT2D eigenvalue weighted by atomic mass is 16.3. The van der Waals surface area contributed by atoms with Gasteiger partial charge in [0.2, 0.25) is 0 Å². The highest BCUT2D eigenvalue weighted by Gasteiger charge is 2.21. The summed E-state index contributed by atoms with van der Waals surface area (Å²) in [6, 6.07) is 35.6. The first kappa shape index (κ1) is 17.3. The van der Waals surface area contributed by atoms with Gasteiger partial charge in [-0.15, -0.1) is 0 Å². The number of benzene rings is 8. The molecule has 9 rings (SSSR count). The Morgan fingerprint density at radius 1 is 0.415 bits per heavy atom. The van der Waals surface area contributed by atoms with E-state index in [1.54, 1.807) is 0 Å². The first-order valence-electron chi connectivity index (χ1n) is 16.6. The Morgan fingerprint density at radius 2 is 0.927 bits per heavy atom. The first-order valence-corrected chi connectivity index (χ1v) is 13.6. The van der Waals surface area contributed by atoms with Crippen LogP contribution in [0.4, 0.5) is 0 Å². The number of hydrogen-bond donors (Lipinski definition) is 0. The molecule has 0 aliphatic carbocycles. The average Bonchev–Trinajstić information content (AvgIpc) is 3.51. The van der Waals surface area contributed by atoms with Crippen molar-refractivity contribution in [1.82, 2.24) is 0 Å². The van der Waals surface area contributed by atoms with Crippen LogP contribution in [0, 0.1) is 0 Å². The molecule has 1 heterocycles. The van der Waals surface area contributed by atoms with Gasteiger partial charge in [0.05, 0.1) is 8.22 Å². The number of furan rings is 1. The average molecular weight is 527 g/mol. The van der Waals surface area contributed by atoms with Gasteiger partial charge in [0.25, 0.3) is 0 Å². The van der Waals surface area contributed by atoms with Crippen molar-refractivity contribution in [2.24, 2.45) is 0 Å². The van der Waals surface area contributed by atoms with Crippen LogP contribution in [0.2, 0.25) is 0 Å². The summed E-state index contributed by atoms with van der Waals surface area (Å²) in [5.41, 5.74) is 4.70. The molecule has 0 aliphatic heterocycles. The summed E-state index contributed by atoms with van der Waals surface area (Å²) in [5, 5.41) is 7.58. The topological polar surface area (TPSA) is 13.1 Å². The fourth-order valence-electron chi connectivity index (χ4n) is 6.42. The molecule has 0 radical (unpaired) electrons. The number of para-hydroxylation sites is 1. The summed E-state index contributed by atoms with van der Waals surface area (Å²) in [6.45, 7) is 0. The maximum absolute atomic E-state index is 9.17. The molecule has 0 spiro atoms. The van der Waals surface area contributed by atoms with Crippen LogP contribution in [-0.4, -0.2) is 0 Å². The molecule has 0 amide bonds. The second-order valence-electron chi connectivity index (χ2n) is 10.4. The van der Waals surface area contributed by atoms with Crippen molar-refractivity contribution >= 4 is 65.0 Å². The summed E-state index contributed by atoms with van der Waals surface area (Å²) < 4.78 is 58.3. The van der Waals surface area contributed by atoms with Gasteiger partial charge in [0.15, 0.2) is 0 Å². The lowest BCUT2D eigenvalue weighted by molar-refractivity contribution is 0.670. The van der Waals surface area contributed by atoms with Gasteiger partial charge in [-0.2, -0.15) is 0 Å². The molecule has 0 fully saturated rings. The summed E-state index contributed by atoms with van der Waals surface area (Å²) in [6.07, 6.45) is 0. The summed E-state index contributed by atoms with van der Waals surface area (Å²) >= 11 is 0. The van der Waals surface area contributed by atoms with Gasteiger partial charge in [-0.3, -0.25) is 0 Å². The van der Waals surface area contributed by atoms with Gasteiger partial charge < -0.3 is 4.42 Å². The fraction of sp³-hybridized carbons (Fsp3) is 0. The minimum Gasteiger partial charge on any atom is -0.455 e. The molecule has 1 aromatic heterocycles. The minimum atomic E-state index is -0.434. The van der Waals surface area contributed by atoms with Crippen molar-refractivity contribution in [1.29, 1.82) is 0 Å². The highest BCUT2D eigenvalue weighted by Crippen LogP contribution is 2.47. The molecule has 190 valence electrons. The highest BCUT2D eigenvalue weighted by molar-refractivity contribution is 6.26. The normalized spacial score (nSPS) is 14.0. The molecule has 1 nitrogen and oxygen atoms in total. The predicted molar refractivity (Wildman–Crippen MR) is 175 cm³/mol. The van der Waals surface area contributed by atoms with Crippen LogP contribution in [0.15, 0.2) is 150 Å². The molecule has 0 saturated carbocycles. The second-order valence-corrected chi connectivity index (χ2v) is 10.4. The number of rotatable bonds is 2. The molecule has 8 aromatic carbocycles. The van der Waals surface area contributed by atoms with Gasteiger partial charge in [-0.1, -0.05) is 133 Å². The van der Waals surface area contributed by atoms with Crippen molar-refractivity contribution in [3.8, 4) is 22.3 Å². The molecule has 41 heavy (non-hydrogen) atoms. The molecule has 0 saturated heterocycles. The van der Waals surface area contributed by atoms with Gasteiger partial charge in [-0.05, 0) is 66.3 Å². The molecule has 0 atom stereocenters. The lowest BCUT2D eigenvalue weighted by atomic mass is 9.84. The van der Waals surface area contributed by atoms with Crippen LogP contribution in [-0.2, 0) is 0 Å². The SMILES string of the molecule is [2H]c1c([2H])c([2H])c2c([2H])c3c(oc4c(-c5c6ccccc6c(-c6cccc7ccccc67)c6ccccc56)cccc43)c([2H])c2c1[2H]. The molecule has 0 N–H and O–H groups in total. The largest absolute Gasteiger partial charge is 0.455 e. The molecule has 9 aromatic rings. The third kappa shape index (κ3) is 3.24. The molecule has 0 bridgehead atoms. The molecular weight excluding hydrogens is 496 g/mol. The standard InChI is InChI=1S/C40H24O/c1-2-13-27-24-37-36(23-26(27)12-1)34-21-10-22-35(40(34)41-37)39-32-18-7-5-16-30(32)38(31-17-6-8-19-33(31)39)29-20-9-14-25-11-3-4-15-28(25)29/h1-24H/i1D,2D,12D,13D,23D,24D. The van der Waals surface area contributed by atoms with E-state index in [0.717, 1.165) is 43.8 Å². The zero-order chi connectivity index (χ0) is 32.1. The van der Waals surface area contributed by atoms with Crippen LogP contribution in [0.3, 0.4) is 0 Å². The molecule has 0 unspecified atom stereocenters. The summed E-state index contributed by atoms with van der Waals surface area (Å²) in [4.78, 5) is 0. The maximum Gasteiger partial charge on any atom is 0.143 e. The Morgan fingerprint density at radius 3 is 1.63 bits per heavy atom. The Hall–Kier alpha value is -5.40. The monoisotopic (exact) mass is 526 g/mol. The van der Waals surface area contributed by atoms with Crippen molar-refractivity contribution < 1.29 is 12.6 Å². The summed E-state index contributed by atoms with van der Waals surface area (Å²) in [5.74, 6) is 0. The van der Waals surface area contributed by atoms with Gasteiger partial charge in [0, 0.05) is 21.9 Å². The van der Waals surface area contributed by atoms with Crippen molar-refractivity contribution in [2.75, 3.05) is 0 Å². The third-order valence-electron chi connectivity index (χ3n) is 8.15. The van der Waals surface area contributed by atoms with Crippen molar-refractivity contribution in [3.63, 3.8) is 0 Å². The van der Waals surface area contributed by atoms with Crippen LogP contribution in [0.5, 0.6) is 0 Å². The lowest BCUT2D eigenvalue weighted by Gasteiger charge is -2.18. The maximum atomic E-state index is 9.17. The lowest BCUT2D eigenvalue weighted by Crippen LogP contribution is -1.91. The minimum absolute atomic E-state index is 0.00977. The van der Waals surface area contributed by atoms with E-state index in [4.69, 9.17) is 12.6 Å². The van der Waals surface area contributed by atoms with Crippen LogP contribution < -0.4 is 0 Å². The number of fused-ring (bicyclic) bond motifs is 7. The first-order chi connectivity index (χ1) is 22.9. The van der Waals surface area contributed by atoms with E-state index in [-0.39, 0.29) is 40.5 Å². The Kier molecular flexibility index (Phi) is 3.61. The Bertz CT molecular complexity index is 2750. The van der Waals surface area contributed by atoms with E-state index >= 15 is 0 Å². The molecule has 1 heteroatoms. The fourth-order valence-corrected chi connectivity index (χ4v) is 6.42. The predicted octanol–water partition coefficient (Wildman–Crippen LogP) is 11.5. The van der Waals surface area contributed by atoms with Crippen molar-refractivity contribution in [2.45, 2.75) is 0 Å². The summed E-state index contributed by atoms with van der Waals surface area (Å²) in [7, 11) is 0. The third-order valence-corrected chi connectivity index (χ3v) is 8.15.